The van der Waals surface area contributed by atoms with Crippen molar-refractivity contribution in [2.24, 2.45) is 7.05 Å². The van der Waals surface area contributed by atoms with Crippen LogP contribution in [0.3, 0.4) is 0 Å². The highest BCUT2D eigenvalue weighted by atomic mass is 16.1. The molecule has 5 heteroatoms. The number of nitrogens with zero attached hydrogens (tertiary/aromatic N) is 2. The van der Waals surface area contributed by atoms with Crippen molar-refractivity contribution in [3.63, 3.8) is 0 Å². The monoisotopic (exact) mass is 196 g/mol. The standard InChI is InChI=1S/C9H16N4O/c1-10-9(14)7-11-5-3-8-4-6-12-13(8)2/h4,6,11H,3,5,7H2,1-2H3,(H,10,14). The van der Waals surface area contributed by atoms with Crippen LogP contribution in [0.2, 0.25) is 0 Å². The third-order valence-corrected chi connectivity index (χ3v) is 2.04. The Morgan fingerprint density at radius 2 is 2.43 bits per heavy atom. The van der Waals surface area contributed by atoms with Gasteiger partial charge in [0.05, 0.1) is 6.54 Å². The average Bonchev–Trinajstić information content (AvgIpc) is 2.58. The normalized spacial score (nSPS) is 10.1. The van der Waals surface area contributed by atoms with Crippen molar-refractivity contribution in [2.45, 2.75) is 6.42 Å². The van der Waals surface area contributed by atoms with Gasteiger partial charge in [0.25, 0.3) is 0 Å². The predicted molar refractivity (Wildman–Crippen MR) is 53.8 cm³/mol. The molecule has 0 fully saturated rings. The number of aromatic nitrogens is 2. The molecule has 0 saturated carbocycles. The highest BCUT2D eigenvalue weighted by Gasteiger charge is 1.99. The molecule has 5 nitrogen and oxygen atoms in total. The molecule has 1 heterocycles. The van der Waals surface area contributed by atoms with Crippen LogP contribution >= 0.6 is 0 Å². The van der Waals surface area contributed by atoms with E-state index >= 15 is 0 Å². The molecule has 1 aromatic heterocycles. The van der Waals surface area contributed by atoms with Gasteiger partial charge in [0.1, 0.15) is 0 Å². The summed E-state index contributed by atoms with van der Waals surface area (Å²) in [6, 6.07) is 1.97. The molecule has 1 amide bonds. The molecule has 0 spiro atoms. The van der Waals surface area contributed by atoms with Crippen LogP contribution in [0, 0.1) is 0 Å². The summed E-state index contributed by atoms with van der Waals surface area (Å²) in [5.41, 5.74) is 1.16. The average molecular weight is 196 g/mol. The summed E-state index contributed by atoms with van der Waals surface area (Å²) in [7, 11) is 3.54. The quantitative estimate of drug-likeness (QED) is 0.612. The summed E-state index contributed by atoms with van der Waals surface area (Å²) in [4.78, 5) is 10.8. The van der Waals surface area contributed by atoms with E-state index in [0.717, 1.165) is 18.7 Å². The number of rotatable bonds is 5. The molecule has 0 radical (unpaired) electrons. The van der Waals surface area contributed by atoms with Gasteiger partial charge in [0, 0.05) is 39.0 Å². The zero-order chi connectivity index (χ0) is 10.4. The third kappa shape index (κ3) is 3.18. The van der Waals surface area contributed by atoms with Crippen molar-refractivity contribution in [3.05, 3.63) is 18.0 Å². The Morgan fingerprint density at radius 3 is 3.00 bits per heavy atom. The minimum atomic E-state index is 0.00926. The Labute approximate surface area is 83.5 Å². The third-order valence-electron chi connectivity index (χ3n) is 2.04. The minimum Gasteiger partial charge on any atom is -0.358 e. The fourth-order valence-corrected chi connectivity index (χ4v) is 1.15. The van der Waals surface area contributed by atoms with Crippen LogP contribution in [0.1, 0.15) is 5.69 Å². The number of carbonyl (C=O) groups is 1. The van der Waals surface area contributed by atoms with Crippen LogP contribution < -0.4 is 10.6 Å². The van der Waals surface area contributed by atoms with E-state index in [0.29, 0.717) is 6.54 Å². The summed E-state index contributed by atoms with van der Waals surface area (Å²) in [6.07, 6.45) is 2.65. The SMILES string of the molecule is CNC(=O)CNCCc1ccnn1C. The summed E-state index contributed by atoms with van der Waals surface area (Å²) in [6.45, 7) is 1.15. The maximum atomic E-state index is 10.8. The summed E-state index contributed by atoms with van der Waals surface area (Å²) in [5.74, 6) is 0.00926. The first-order valence-corrected chi connectivity index (χ1v) is 4.62. The molecule has 1 rings (SSSR count). The van der Waals surface area contributed by atoms with E-state index < -0.39 is 0 Å². The van der Waals surface area contributed by atoms with Crippen LogP contribution in [-0.4, -0.2) is 35.8 Å². The van der Waals surface area contributed by atoms with Crippen molar-refractivity contribution in [1.82, 2.24) is 20.4 Å². The molecule has 0 aromatic carbocycles. The summed E-state index contributed by atoms with van der Waals surface area (Å²) < 4.78 is 1.83. The van der Waals surface area contributed by atoms with Gasteiger partial charge in [-0.15, -0.1) is 0 Å². The first-order chi connectivity index (χ1) is 6.74. The molecular formula is C9H16N4O. The molecule has 0 unspecified atom stereocenters. The molecule has 0 saturated heterocycles. The van der Waals surface area contributed by atoms with Crippen molar-refractivity contribution >= 4 is 5.91 Å². The molecule has 0 aliphatic carbocycles. The zero-order valence-electron chi connectivity index (χ0n) is 8.58. The molecule has 14 heavy (non-hydrogen) atoms. The maximum absolute atomic E-state index is 10.8. The van der Waals surface area contributed by atoms with Crippen LogP contribution in [0.4, 0.5) is 0 Å². The second kappa shape index (κ2) is 5.39. The van der Waals surface area contributed by atoms with E-state index in [1.807, 2.05) is 17.8 Å². The van der Waals surface area contributed by atoms with Gasteiger partial charge in [0.15, 0.2) is 0 Å². The minimum absolute atomic E-state index is 0.00926. The van der Waals surface area contributed by atoms with Crippen LogP contribution in [0.15, 0.2) is 12.3 Å². The number of aryl methyl sites for hydroxylation is 1. The van der Waals surface area contributed by atoms with Crippen molar-refractivity contribution < 1.29 is 4.79 Å². The Bertz CT molecular complexity index is 295. The van der Waals surface area contributed by atoms with Gasteiger partial charge < -0.3 is 10.6 Å². The van der Waals surface area contributed by atoms with Crippen LogP contribution in [-0.2, 0) is 18.3 Å². The van der Waals surface area contributed by atoms with E-state index in [1.54, 1.807) is 13.2 Å². The lowest BCUT2D eigenvalue weighted by molar-refractivity contribution is -0.119. The smallest absolute Gasteiger partial charge is 0.233 e. The molecule has 2 N–H and O–H groups in total. The van der Waals surface area contributed by atoms with E-state index in [1.165, 1.54) is 0 Å². The second-order valence-corrected chi connectivity index (χ2v) is 3.05. The number of carbonyl (C=O) groups excluding carboxylic acids is 1. The fourth-order valence-electron chi connectivity index (χ4n) is 1.15. The first kappa shape index (κ1) is 10.7. The van der Waals surface area contributed by atoms with Gasteiger partial charge in [-0.2, -0.15) is 5.10 Å². The van der Waals surface area contributed by atoms with Gasteiger partial charge in [-0.3, -0.25) is 9.48 Å². The van der Waals surface area contributed by atoms with Crippen molar-refractivity contribution in [2.75, 3.05) is 20.1 Å². The van der Waals surface area contributed by atoms with Gasteiger partial charge >= 0.3 is 0 Å². The lowest BCUT2D eigenvalue weighted by Gasteiger charge is -2.03. The van der Waals surface area contributed by atoms with Crippen molar-refractivity contribution in [3.8, 4) is 0 Å². The Balaban J connectivity index is 2.16. The van der Waals surface area contributed by atoms with Gasteiger partial charge in [-0.1, -0.05) is 0 Å². The van der Waals surface area contributed by atoms with Crippen LogP contribution in [0.25, 0.3) is 0 Å². The molecule has 1 aromatic rings. The summed E-state index contributed by atoms with van der Waals surface area (Å²) >= 11 is 0. The summed E-state index contributed by atoms with van der Waals surface area (Å²) in [5, 5.41) is 9.66. The molecule has 0 aliphatic rings. The van der Waals surface area contributed by atoms with Gasteiger partial charge in [0.2, 0.25) is 5.91 Å². The largest absolute Gasteiger partial charge is 0.358 e. The van der Waals surface area contributed by atoms with Gasteiger partial charge in [-0.25, -0.2) is 0 Å². The number of likely N-dealkylation sites (N-methyl/N-ethyl adjacent to an activating group) is 1. The number of nitrogens with one attached hydrogen (secondary N) is 2. The fraction of sp³-hybridized carbons (Fsp3) is 0.556. The first-order valence-electron chi connectivity index (χ1n) is 4.62. The topological polar surface area (TPSA) is 59.0 Å². The van der Waals surface area contributed by atoms with E-state index in [9.17, 15) is 4.79 Å². The zero-order valence-corrected chi connectivity index (χ0v) is 8.58. The molecule has 0 aliphatic heterocycles. The molecule has 0 atom stereocenters. The maximum Gasteiger partial charge on any atom is 0.233 e. The van der Waals surface area contributed by atoms with E-state index in [2.05, 4.69) is 15.7 Å². The van der Waals surface area contributed by atoms with Crippen LogP contribution in [0.5, 0.6) is 0 Å². The van der Waals surface area contributed by atoms with E-state index in [-0.39, 0.29) is 5.91 Å². The molecule has 0 bridgehead atoms. The molecule has 78 valence electrons. The number of hydrogen-bond donors (Lipinski definition) is 2. The highest BCUT2D eigenvalue weighted by Crippen LogP contribution is 1.95. The Morgan fingerprint density at radius 1 is 1.64 bits per heavy atom. The Kier molecular flexibility index (Phi) is 4.12. The van der Waals surface area contributed by atoms with E-state index in [4.69, 9.17) is 0 Å². The Hall–Kier alpha value is -1.36. The van der Waals surface area contributed by atoms with Crippen molar-refractivity contribution in [1.29, 1.82) is 0 Å². The lowest BCUT2D eigenvalue weighted by Crippen LogP contribution is -2.32. The number of amides is 1. The predicted octanol–water partition coefficient (Wildman–Crippen LogP) is -0.702. The number of hydrogen-bond acceptors (Lipinski definition) is 3. The van der Waals surface area contributed by atoms with Gasteiger partial charge in [-0.05, 0) is 6.07 Å². The lowest BCUT2D eigenvalue weighted by atomic mass is 10.3. The second-order valence-electron chi connectivity index (χ2n) is 3.05. The molecular weight excluding hydrogens is 180 g/mol. The highest BCUT2D eigenvalue weighted by molar-refractivity contribution is 5.77.